The van der Waals surface area contributed by atoms with Crippen molar-refractivity contribution in [2.75, 3.05) is 11.5 Å². The minimum Gasteiger partial charge on any atom is -0.348 e. The molecule has 6 nitrogen and oxygen atoms in total. The molecular weight excluding hydrogens is 362 g/mol. The topological polar surface area (TPSA) is 81.1 Å². The van der Waals surface area contributed by atoms with Gasteiger partial charge in [0.1, 0.15) is 0 Å². The van der Waals surface area contributed by atoms with E-state index in [-0.39, 0.29) is 29.4 Å². The minimum atomic E-state index is -3.04. The van der Waals surface area contributed by atoms with E-state index in [0.29, 0.717) is 17.0 Å². The molecule has 1 N–H and O–H groups in total. The summed E-state index contributed by atoms with van der Waals surface area (Å²) in [5.41, 5.74) is 2.06. The molecule has 0 bridgehead atoms. The molecule has 8 heteroatoms. The largest absolute Gasteiger partial charge is 0.348 e. The van der Waals surface area contributed by atoms with Gasteiger partial charge in [0.15, 0.2) is 9.84 Å². The van der Waals surface area contributed by atoms with Gasteiger partial charge in [0.2, 0.25) is 0 Å². The summed E-state index contributed by atoms with van der Waals surface area (Å²) in [7, 11) is -3.04. The van der Waals surface area contributed by atoms with Gasteiger partial charge in [-0.15, -0.1) is 0 Å². The van der Waals surface area contributed by atoms with Crippen molar-refractivity contribution in [3.8, 4) is 5.69 Å². The fraction of sp³-hybridized carbons (Fsp3) is 0.412. The molecule has 0 radical (unpaired) electrons. The maximum Gasteiger partial charge on any atom is 0.255 e. The maximum absolute atomic E-state index is 12.7. The average Bonchev–Trinajstić information content (AvgIpc) is 3.11. The molecule has 25 heavy (non-hydrogen) atoms. The molecule has 0 aliphatic carbocycles. The van der Waals surface area contributed by atoms with Crippen molar-refractivity contribution in [2.24, 2.45) is 0 Å². The Bertz CT molecular complexity index is 888. The van der Waals surface area contributed by atoms with E-state index in [1.165, 1.54) is 6.20 Å². The maximum atomic E-state index is 12.7. The zero-order valence-electron chi connectivity index (χ0n) is 14.1. The molecule has 0 saturated carbocycles. The molecule has 1 unspecified atom stereocenters. The van der Waals surface area contributed by atoms with Gasteiger partial charge in [-0.05, 0) is 36.6 Å². The molecule has 1 saturated heterocycles. The van der Waals surface area contributed by atoms with Crippen LogP contribution >= 0.6 is 11.6 Å². The molecule has 3 rings (SSSR count). The number of halogens is 1. The molecule has 0 spiro atoms. The van der Waals surface area contributed by atoms with Gasteiger partial charge in [-0.1, -0.05) is 25.4 Å². The predicted molar refractivity (Wildman–Crippen MR) is 97.2 cm³/mol. The summed E-state index contributed by atoms with van der Waals surface area (Å²) in [4.78, 5) is 12.7. The molecule has 1 aliphatic rings. The average molecular weight is 382 g/mol. The second-order valence-electron chi connectivity index (χ2n) is 6.56. The fourth-order valence-electron chi connectivity index (χ4n) is 3.05. The molecule has 2 heterocycles. The lowest BCUT2D eigenvalue weighted by atomic mass is 10.0. The number of amides is 1. The van der Waals surface area contributed by atoms with E-state index in [1.807, 2.05) is 26.0 Å². The van der Waals surface area contributed by atoms with Gasteiger partial charge < -0.3 is 5.32 Å². The molecule has 1 amide bonds. The van der Waals surface area contributed by atoms with E-state index in [2.05, 4.69) is 10.4 Å². The highest BCUT2D eigenvalue weighted by Crippen LogP contribution is 2.24. The third kappa shape index (κ3) is 3.88. The second kappa shape index (κ2) is 6.80. The number of carbonyl (C=O) groups excluding carboxylic acids is 1. The van der Waals surface area contributed by atoms with Gasteiger partial charge >= 0.3 is 0 Å². The van der Waals surface area contributed by atoms with Crippen molar-refractivity contribution in [1.29, 1.82) is 0 Å². The van der Waals surface area contributed by atoms with E-state index < -0.39 is 9.84 Å². The highest BCUT2D eigenvalue weighted by Gasteiger charge is 2.30. The molecule has 1 aromatic heterocycles. The Morgan fingerprint density at radius 3 is 2.56 bits per heavy atom. The van der Waals surface area contributed by atoms with Crippen LogP contribution in [0.15, 0.2) is 30.5 Å². The van der Waals surface area contributed by atoms with E-state index in [4.69, 9.17) is 11.6 Å². The quantitative estimate of drug-likeness (QED) is 0.882. The van der Waals surface area contributed by atoms with Gasteiger partial charge in [0.05, 0.1) is 34.6 Å². The van der Waals surface area contributed by atoms with E-state index in [0.717, 1.165) is 11.4 Å². The number of hydrogen-bond donors (Lipinski definition) is 1. The van der Waals surface area contributed by atoms with Crippen LogP contribution in [0.2, 0.25) is 5.02 Å². The number of nitrogens with one attached hydrogen (secondary N) is 1. The van der Waals surface area contributed by atoms with E-state index >= 15 is 0 Å². The Labute approximate surface area is 152 Å². The lowest BCUT2D eigenvalue weighted by Crippen LogP contribution is -2.36. The normalized spacial score (nSPS) is 19.3. The Hall–Kier alpha value is -1.86. The predicted octanol–water partition coefficient (Wildman–Crippen LogP) is 2.57. The van der Waals surface area contributed by atoms with Crippen LogP contribution in [-0.2, 0) is 9.84 Å². The van der Waals surface area contributed by atoms with Crippen LogP contribution in [0.25, 0.3) is 5.69 Å². The van der Waals surface area contributed by atoms with Crippen LogP contribution < -0.4 is 5.32 Å². The number of hydrogen-bond acceptors (Lipinski definition) is 4. The molecular formula is C17H20ClN3O3S. The molecule has 1 fully saturated rings. The summed E-state index contributed by atoms with van der Waals surface area (Å²) in [6.07, 6.45) is 1.99. The summed E-state index contributed by atoms with van der Waals surface area (Å²) in [6, 6.07) is 6.88. The first-order valence-electron chi connectivity index (χ1n) is 8.12. The lowest BCUT2D eigenvalue weighted by Gasteiger charge is -2.15. The van der Waals surface area contributed by atoms with Crippen LogP contribution in [0.1, 0.15) is 42.2 Å². The van der Waals surface area contributed by atoms with E-state index in [9.17, 15) is 13.2 Å². The monoisotopic (exact) mass is 381 g/mol. The van der Waals surface area contributed by atoms with Crippen LogP contribution in [-0.4, -0.2) is 41.7 Å². The fourth-order valence-corrected chi connectivity index (χ4v) is 4.85. The molecule has 1 atom stereocenters. The van der Waals surface area contributed by atoms with Crippen molar-refractivity contribution < 1.29 is 13.2 Å². The van der Waals surface area contributed by atoms with Gasteiger partial charge in [-0.25, -0.2) is 13.1 Å². The van der Waals surface area contributed by atoms with Crippen LogP contribution in [0.4, 0.5) is 0 Å². The molecule has 1 aliphatic heterocycles. The van der Waals surface area contributed by atoms with Gasteiger partial charge in [-0.3, -0.25) is 4.79 Å². The molecule has 1 aromatic carbocycles. The Balaban J connectivity index is 1.89. The van der Waals surface area contributed by atoms with Crippen molar-refractivity contribution in [3.05, 3.63) is 46.7 Å². The van der Waals surface area contributed by atoms with Crippen LogP contribution in [0, 0.1) is 0 Å². The second-order valence-corrected chi connectivity index (χ2v) is 9.22. The molecule has 134 valence electrons. The standard InChI is InChI=1S/C17H20ClN3O3S/c1-11(2)16-15(17(22)20-13-7-8-25(23,24)10-13)9-19-21(16)14-5-3-12(18)4-6-14/h3-6,9,11,13H,7-8,10H2,1-2H3,(H,20,22). The number of aromatic nitrogens is 2. The summed E-state index contributed by atoms with van der Waals surface area (Å²) in [5, 5.41) is 7.81. The van der Waals surface area contributed by atoms with Crippen molar-refractivity contribution in [3.63, 3.8) is 0 Å². The Kier molecular flexibility index (Phi) is 4.88. The summed E-state index contributed by atoms with van der Waals surface area (Å²) < 4.78 is 24.9. The number of nitrogens with zero attached hydrogens (tertiary/aromatic N) is 2. The summed E-state index contributed by atoms with van der Waals surface area (Å²) in [5.74, 6) is -0.0997. The minimum absolute atomic E-state index is 0.00106. The first-order valence-corrected chi connectivity index (χ1v) is 10.3. The summed E-state index contributed by atoms with van der Waals surface area (Å²) in [6.45, 7) is 3.97. The Morgan fingerprint density at radius 2 is 2.00 bits per heavy atom. The van der Waals surface area contributed by atoms with E-state index in [1.54, 1.807) is 16.8 Å². The van der Waals surface area contributed by atoms with Gasteiger partial charge in [-0.2, -0.15) is 5.10 Å². The van der Waals surface area contributed by atoms with Gasteiger partial charge in [0, 0.05) is 11.1 Å². The third-order valence-electron chi connectivity index (χ3n) is 4.24. The zero-order valence-corrected chi connectivity index (χ0v) is 15.6. The number of carbonyl (C=O) groups is 1. The third-order valence-corrected chi connectivity index (χ3v) is 6.26. The first kappa shape index (κ1) is 17.9. The van der Waals surface area contributed by atoms with Gasteiger partial charge in [0.25, 0.3) is 5.91 Å². The van der Waals surface area contributed by atoms with Crippen molar-refractivity contribution in [1.82, 2.24) is 15.1 Å². The highest BCUT2D eigenvalue weighted by molar-refractivity contribution is 7.91. The SMILES string of the molecule is CC(C)c1c(C(=O)NC2CCS(=O)(=O)C2)cnn1-c1ccc(Cl)cc1. The highest BCUT2D eigenvalue weighted by atomic mass is 35.5. The lowest BCUT2D eigenvalue weighted by molar-refractivity contribution is 0.0939. The number of rotatable bonds is 4. The van der Waals surface area contributed by atoms with Crippen molar-refractivity contribution in [2.45, 2.75) is 32.2 Å². The van der Waals surface area contributed by atoms with Crippen molar-refractivity contribution >= 4 is 27.3 Å². The number of sulfone groups is 1. The Morgan fingerprint density at radius 1 is 1.32 bits per heavy atom. The smallest absolute Gasteiger partial charge is 0.255 e. The summed E-state index contributed by atoms with van der Waals surface area (Å²) >= 11 is 5.93. The van der Waals surface area contributed by atoms with Crippen LogP contribution in [0.3, 0.4) is 0 Å². The zero-order chi connectivity index (χ0) is 18.2. The van der Waals surface area contributed by atoms with Crippen LogP contribution in [0.5, 0.6) is 0 Å². The first-order chi connectivity index (χ1) is 11.8. The molecule has 2 aromatic rings. The number of benzene rings is 1.